The van der Waals surface area contributed by atoms with Gasteiger partial charge in [-0.3, -0.25) is 0 Å². The number of benzene rings is 2. The largest absolute Gasteiger partial charge is 0.395 e. The van der Waals surface area contributed by atoms with Gasteiger partial charge in [0.2, 0.25) is 0 Å². The zero-order valence-electron chi connectivity index (χ0n) is 15.6. The van der Waals surface area contributed by atoms with Gasteiger partial charge in [-0.05, 0) is 43.9 Å². The van der Waals surface area contributed by atoms with E-state index in [4.69, 9.17) is 0 Å². The summed E-state index contributed by atoms with van der Waals surface area (Å²) in [6.07, 6.45) is 3.23. The van der Waals surface area contributed by atoms with Crippen LogP contribution in [0.4, 0.5) is 0 Å². The Morgan fingerprint density at radius 3 is 2.32 bits per heavy atom. The standard InChI is InChI=1S/C22H27NOSi/c1-22(2,3)23(4)25(24)16-21-19(14-17-10-6-5-7-11-17)15-18-12-8-9-13-20(18)21/h5-13,15,21H,14,16H2,1-4H3. The van der Waals surface area contributed by atoms with E-state index < -0.39 is 8.84 Å². The van der Waals surface area contributed by atoms with E-state index in [9.17, 15) is 4.46 Å². The second-order valence-electron chi connectivity index (χ2n) is 7.89. The van der Waals surface area contributed by atoms with E-state index in [0.29, 0.717) is 6.04 Å². The monoisotopic (exact) mass is 349 g/mol. The maximum absolute atomic E-state index is 13.0. The Morgan fingerprint density at radius 2 is 1.64 bits per heavy atom. The summed E-state index contributed by atoms with van der Waals surface area (Å²) >= 11 is 0. The van der Waals surface area contributed by atoms with E-state index in [1.807, 2.05) is 7.05 Å². The lowest BCUT2D eigenvalue weighted by Crippen LogP contribution is -2.44. The smallest absolute Gasteiger partial charge is 0.375 e. The van der Waals surface area contributed by atoms with Gasteiger partial charge in [-0.15, -0.1) is 0 Å². The Morgan fingerprint density at radius 1 is 1.00 bits per heavy atom. The van der Waals surface area contributed by atoms with E-state index >= 15 is 0 Å². The highest BCUT2D eigenvalue weighted by atomic mass is 28.3. The van der Waals surface area contributed by atoms with Crippen LogP contribution >= 0.6 is 0 Å². The van der Waals surface area contributed by atoms with Crippen LogP contribution in [0.25, 0.3) is 6.08 Å². The molecule has 0 spiro atoms. The number of rotatable bonds is 5. The Labute approximate surface area is 152 Å². The van der Waals surface area contributed by atoms with Gasteiger partial charge in [-0.2, -0.15) is 0 Å². The van der Waals surface area contributed by atoms with Crippen molar-refractivity contribution in [2.75, 3.05) is 7.05 Å². The first-order chi connectivity index (χ1) is 11.9. The van der Waals surface area contributed by atoms with Crippen LogP contribution in [0.2, 0.25) is 6.04 Å². The van der Waals surface area contributed by atoms with Crippen LogP contribution in [0.3, 0.4) is 0 Å². The van der Waals surface area contributed by atoms with Gasteiger partial charge in [0.1, 0.15) is 0 Å². The van der Waals surface area contributed by atoms with Gasteiger partial charge in [0.15, 0.2) is 0 Å². The zero-order valence-corrected chi connectivity index (χ0v) is 16.6. The van der Waals surface area contributed by atoms with Gasteiger partial charge in [0, 0.05) is 24.5 Å². The van der Waals surface area contributed by atoms with Crippen LogP contribution in [0.1, 0.15) is 43.4 Å². The number of allylic oxidation sites excluding steroid dienone is 1. The van der Waals surface area contributed by atoms with Crippen LogP contribution in [0.15, 0.2) is 60.2 Å². The lowest BCUT2D eigenvalue weighted by atomic mass is 9.93. The molecule has 0 amide bonds. The normalized spacial score (nSPS) is 16.3. The number of hydrogen-bond donors (Lipinski definition) is 0. The summed E-state index contributed by atoms with van der Waals surface area (Å²) in [5.41, 5.74) is 5.24. The molecule has 1 aliphatic rings. The van der Waals surface area contributed by atoms with Crippen LogP contribution in [-0.2, 0) is 10.9 Å². The highest BCUT2D eigenvalue weighted by Crippen LogP contribution is 2.40. The fraction of sp³-hybridized carbons (Fsp3) is 0.364. The predicted molar refractivity (Wildman–Crippen MR) is 106 cm³/mol. The summed E-state index contributed by atoms with van der Waals surface area (Å²) in [6.45, 7) is 6.37. The van der Waals surface area contributed by atoms with Crippen molar-refractivity contribution in [3.05, 3.63) is 76.9 Å². The van der Waals surface area contributed by atoms with Crippen molar-refractivity contribution in [1.29, 1.82) is 0 Å². The van der Waals surface area contributed by atoms with E-state index in [2.05, 4.69) is 86.0 Å². The van der Waals surface area contributed by atoms with Crippen LogP contribution in [0, 0.1) is 0 Å². The fourth-order valence-electron chi connectivity index (χ4n) is 3.39. The molecular formula is C22H27NOSi. The molecule has 0 radical (unpaired) electrons. The minimum absolute atomic E-state index is 0.0719. The molecule has 1 atom stereocenters. The summed E-state index contributed by atoms with van der Waals surface area (Å²) in [7, 11) is 0.158. The van der Waals surface area contributed by atoms with Crippen LogP contribution in [0.5, 0.6) is 0 Å². The first-order valence-electron chi connectivity index (χ1n) is 8.96. The molecule has 2 nitrogen and oxygen atoms in total. The van der Waals surface area contributed by atoms with E-state index in [1.54, 1.807) is 0 Å². The molecule has 0 fully saturated rings. The minimum atomic E-state index is -1.83. The maximum Gasteiger partial charge on any atom is 0.395 e. The molecule has 0 bridgehead atoms. The Balaban J connectivity index is 1.86. The SMILES string of the molecule is CN([Si](=O)CC1C(Cc2ccccc2)=Cc2ccccc21)C(C)(C)C. The molecule has 0 aliphatic heterocycles. The lowest BCUT2D eigenvalue weighted by molar-refractivity contribution is 0.273. The maximum atomic E-state index is 13.0. The van der Waals surface area contributed by atoms with E-state index in [1.165, 1.54) is 22.3 Å². The Hall–Kier alpha value is -2.00. The van der Waals surface area contributed by atoms with Gasteiger partial charge >= 0.3 is 8.84 Å². The molecule has 2 aromatic carbocycles. The molecule has 1 aliphatic carbocycles. The van der Waals surface area contributed by atoms with Gasteiger partial charge < -0.3 is 9.03 Å². The van der Waals surface area contributed by atoms with Crippen molar-refractivity contribution in [1.82, 2.24) is 4.57 Å². The molecule has 0 saturated heterocycles. The summed E-state index contributed by atoms with van der Waals surface area (Å²) in [5.74, 6) is 0.257. The van der Waals surface area contributed by atoms with Gasteiger partial charge in [0.05, 0.1) is 0 Å². The summed E-state index contributed by atoms with van der Waals surface area (Å²) < 4.78 is 15.1. The number of nitrogens with zero attached hydrogens (tertiary/aromatic N) is 1. The van der Waals surface area contributed by atoms with Gasteiger partial charge in [-0.25, -0.2) is 0 Å². The highest BCUT2D eigenvalue weighted by molar-refractivity contribution is 6.40. The van der Waals surface area contributed by atoms with Crippen molar-refractivity contribution in [2.45, 2.75) is 44.7 Å². The molecule has 0 aromatic heterocycles. The average molecular weight is 350 g/mol. The molecule has 1 unspecified atom stereocenters. The molecule has 2 aromatic rings. The van der Waals surface area contributed by atoms with Crippen molar-refractivity contribution < 1.29 is 4.46 Å². The third kappa shape index (κ3) is 3.98. The average Bonchev–Trinajstić information content (AvgIpc) is 2.91. The predicted octanol–water partition coefficient (Wildman–Crippen LogP) is 5.06. The summed E-state index contributed by atoms with van der Waals surface area (Å²) in [6, 6.07) is 19.8. The molecule has 3 heteroatoms. The van der Waals surface area contributed by atoms with Crippen molar-refractivity contribution >= 4 is 14.9 Å². The third-order valence-corrected chi connectivity index (χ3v) is 7.35. The topological polar surface area (TPSA) is 20.3 Å². The fourth-order valence-corrected chi connectivity index (χ4v) is 5.25. The summed E-state index contributed by atoms with van der Waals surface area (Å²) in [4.78, 5) is 0. The Kier molecular flexibility index (Phi) is 5.05. The van der Waals surface area contributed by atoms with E-state index in [0.717, 1.165) is 6.42 Å². The first kappa shape index (κ1) is 17.8. The van der Waals surface area contributed by atoms with E-state index in [-0.39, 0.29) is 11.5 Å². The molecule has 0 heterocycles. The second-order valence-corrected chi connectivity index (χ2v) is 9.76. The van der Waals surface area contributed by atoms with Crippen molar-refractivity contribution in [3.63, 3.8) is 0 Å². The van der Waals surface area contributed by atoms with Crippen LogP contribution in [-0.4, -0.2) is 26.0 Å². The molecule has 3 rings (SSSR count). The number of fused-ring (bicyclic) bond motifs is 1. The first-order valence-corrected chi connectivity index (χ1v) is 10.5. The Bertz CT molecular complexity index is 789. The highest BCUT2D eigenvalue weighted by Gasteiger charge is 2.32. The van der Waals surface area contributed by atoms with Gasteiger partial charge in [-0.1, -0.05) is 66.2 Å². The second kappa shape index (κ2) is 7.09. The van der Waals surface area contributed by atoms with Crippen molar-refractivity contribution in [2.24, 2.45) is 0 Å². The van der Waals surface area contributed by atoms with Crippen molar-refractivity contribution in [3.8, 4) is 0 Å². The minimum Gasteiger partial charge on any atom is -0.375 e. The molecule has 25 heavy (non-hydrogen) atoms. The number of hydrogen-bond acceptors (Lipinski definition) is 1. The zero-order chi connectivity index (χ0) is 18.0. The lowest BCUT2D eigenvalue weighted by Gasteiger charge is -2.33. The summed E-state index contributed by atoms with van der Waals surface area (Å²) in [5, 5.41) is 0. The van der Waals surface area contributed by atoms with Gasteiger partial charge in [0.25, 0.3) is 0 Å². The molecule has 0 N–H and O–H groups in total. The third-order valence-electron chi connectivity index (χ3n) is 5.17. The molecule has 130 valence electrons. The molecule has 0 saturated carbocycles. The van der Waals surface area contributed by atoms with Crippen LogP contribution < -0.4 is 0 Å². The molecular weight excluding hydrogens is 322 g/mol. The quantitative estimate of drug-likeness (QED) is 0.703.